The molecule has 6 nitrogen and oxygen atoms in total. The van der Waals surface area contributed by atoms with Crippen LogP contribution in [0.3, 0.4) is 0 Å². The zero-order valence-electron chi connectivity index (χ0n) is 36.2. The van der Waals surface area contributed by atoms with Crippen molar-refractivity contribution >= 4 is 51.6 Å². The van der Waals surface area contributed by atoms with Gasteiger partial charge in [0.1, 0.15) is 18.1 Å². The van der Waals surface area contributed by atoms with Gasteiger partial charge in [0.25, 0.3) is 8.53 Å². The highest BCUT2D eigenvalue weighted by atomic mass is 31.2. The molecular formula is C53H51N2O4P. The van der Waals surface area contributed by atoms with E-state index in [1.54, 1.807) is 14.2 Å². The van der Waals surface area contributed by atoms with E-state index in [2.05, 4.69) is 140 Å². The van der Waals surface area contributed by atoms with Gasteiger partial charge in [-0.05, 0) is 143 Å². The second-order valence-electron chi connectivity index (χ2n) is 15.3. The van der Waals surface area contributed by atoms with Crippen LogP contribution in [-0.2, 0) is 15.5 Å². The van der Waals surface area contributed by atoms with E-state index in [9.17, 15) is 0 Å². The van der Waals surface area contributed by atoms with Crippen LogP contribution in [0.1, 0.15) is 63.8 Å². The lowest BCUT2D eigenvalue weighted by Gasteiger charge is -2.35. The maximum absolute atomic E-state index is 8.59. The first-order valence-corrected chi connectivity index (χ1v) is 21.5. The molecule has 0 fully saturated rings. The van der Waals surface area contributed by atoms with Gasteiger partial charge >= 0.3 is 0 Å². The minimum absolute atomic E-state index is 0.0833. The highest BCUT2D eigenvalue weighted by Crippen LogP contribution is 2.46. The topological polar surface area (TPSA) is 44.5 Å². The Morgan fingerprint density at radius 3 is 1.72 bits per heavy atom. The number of fused-ring (bicyclic) bond motifs is 4. The van der Waals surface area contributed by atoms with Crippen LogP contribution in [0.2, 0.25) is 0 Å². The van der Waals surface area contributed by atoms with Gasteiger partial charge in [0.05, 0.1) is 20.8 Å². The van der Waals surface area contributed by atoms with Crippen LogP contribution >= 0.6 is 8.53 Å². The number of ether oxygens (including phenoxy) is 2. The van der Waals surface area contributed by atoms with Crippen LogP contribution in [0.15, 0.2) is 115 Å². The van der Waals surface area contributed by atoms with Crippen molar-refractivity contribution in [3.05, 3.63) is 154 Å². The van der Waals surface area contributed by atoms with Crippen molar-refractivity contribution in [2.75, 3.05) is 34.0 Å². The summed E-state index contributed by atoms with van der Waals surface area (Å²) in [5.74, 6) is 15.9. The zero-order valence-corrected chi connectivity index (χ0v) is 36.1. The molecule has 0 amide bonds. The fourth-order valence-electron chi connectivity index (χ4n) is 7.75. The summed E-state index contributed by atoms with van der Waals surface area (Å²) in [6, 6.07) is 39.9. The molecule has 2 unspecified atom stereocenters. The van der Waals surface area contributed by atoms with Gasteiger partial charge in [-0.25, -0.2) is 11.2 Å². The quantitative estimate of drug-likeness (QED) is 0.0382. The SMILES string of the molecule is [2H]CC(COP(OCC[N+]#[C-])N(C(C)C)C(C)C)Cc1ccc2c(C#Cc3cccc4cc(OC)ccc34)c3ccccc3c(C#Cc3cccc4cc(OC)ccc34)c2c1. The number of hydrogen-bond acceptors (Lipinski definition) is 5. The van der Waals surface area contributed by atoms with Gasteiger partial charge in [-0.15, -0.1) is 0 Å². The highest BCUT2D eigenvalue weighted by Gasteiger charge is 2.28. The fraction of sp³-hybridized carbons (Fsp3) is 0.264. The highest BCUT2D eigenvalue weighted by molar-refractivity contribution is 7.44. The largest absolute Gasteiger partial charge is 0.497 e. The molecular weight excluding hydrogens is 760 g/mol. The van der Waals surface area contributed by atoms with Crippen molar-refractivity contribution in [2.45, 2.75) is 53.1 Å². The maximum Gasteiger partial charge on any atom is 0.259 e. The van der Waals surface area contributed by atoms with Gasteiger partial charge in [0.2, 0.25) is 6.54 Å². The van der Waals surface area contributed by atoms with Gasteiger partial charge in [-0.1, -0.05) is 91.2 Å². The van der Waals surface area contributed by atoms with Crippen molar-refractivity contribution in [1.82, 2.24) is 4.67 Å². The molecule has 0 aliphatic carbocycles. The summed E-state index contributed by atoms with van der Waals surface area (Å²) in [5, 5.41) is 8.35. The molecule has 7 heteroatoms. The Bertz CT molecular complexity index is 2850. The predicted molar refractivity (Wildman–Crippen MR) is 250 cm³/mol. The molecule has 0 radical (unpaired) electrons. The Hall–Kier alpha value is -5.90. The third-order valence-electron chi connectivity index (χ3n) is 10.5. The molecule has 0 saturated heterocycles. The molecule has 0 N–H and O–H groups in total. The summed E-state index contributed by atoms with van der Waals surface area (Å²) in [5.41, 5.74) is 4.84. The molecule has 7 aromatic carbocycles. The van der Waals surface area contributed by atoms with Crippen LogP contribution in [0.25, 0.3) is 47.9 Å². The van der Waals surface area contributed by atoms with E-state index in [-0.39, 0.29) is 31.4 Å². The predicted octanol–water partition coefficient (Wildman–Crippen LogP) is 12.6. The number of methoxy groups -OCH3 is 2. The lowest BCUT2D eigenvalue weighted by molar-refractivity contribution is 0.163. The molecule has 0 spiro atoms. The molecule has 60 heavy (non-hydrogen) atoms. The molecule has 302 valence electrons. The zero-order chi connectivity index (χ0) is 42.9. The van der Waals surface area contributed by atoms with Gasteiger partial charge in [0, 0.05) is 35.7 Å². The molecule has 0 saturated carbocycles. The smallest absolute Gasteiger partial charge is 0.259 e. The summed E-state index contributed by atoms with van der Waals surface area (Å²) in [4.78, 5) is 3.48. The van der Waals surface area contributed by atoms with Crippen molar-refractivity contribution < 1.29 is 19.9 Å². The molecule has 7 aromatic rings. The Morgan fingerprint density at radius 1 is 0.633 bits per heavy atom. The first kappa shape index (κ1) is 40.9. The van der Waals surface area contributed by atoms with E-state index in [0.29, 0.717) is 19.6 Å². The van der Waals surface area contributed by atoms with Gasteiger partial charge in [-0.3, -0.25) is 0 Å². The first-order valence-electron chi connectivity index (χ1n) is 21.0. The van der Waals surface area contributed by atoms with Crippen LogP contribution in [0, 0.1) is 36.2 Å². The van der Waals surface area contributed by atoms with Gasteiger partial charge in [-0.2, -0.15) is 0 Å². The second-order valence-corrected chi connectivity index (χ2v) is 16.8. The number of hydrogen-bond donors (Lipinski definition) is 0. The fourth-order valence-corrected chi connectivity index (χ4v) is 9.42. The summed E-state index contributed by atoms with van der Waals surface area (Å²) < 4.78 is 34.6. The third-order valence-corrected chi connectivity index (χ3v) is 12.6. The van der Waals surface area contributed by atoms with Gasteiger partial charge < -0.3 is 23.4 Å². The molecule has 0 aliphatic rings. The molecule has 0 aromatic heterocycles. The summed E-state index contributed by atoms with van der Waals surface area (Å²) >= 11 is 0. The standard InChI is InChI=1S/C53H51N2O4P/c1-36(2)55(37(3)4)60(58-30-29-54-6)59-35-38(5)31-39-19-24-51-50(25-20-40-13-11-15-42-33-44(56-7)22-27-46(40)42)48-17-9-10-18-49(48)52(53(51)32-39)26-21-41-14-12-16-43-34-45(57-8)23-28-47(41)43/h9-19,22-24,27-28,32-34,36-38H,29-31,35H2,1-5,7-8H3/i5D. The maximum atomic E-state index is 8.59. The molecule has 0 bridgehead atoms. The number of rotatable bonds is 13. The van der Waals surface area contributed by atoms with Gasteiger partial charge in [0.15, 0.2) is 0 Å². The number of benzene rings is 7. The third kappa shape index (κ3) is 9.43. The van der Waals surface area contributed by atoms with E-state index in [1.807, 2.05) is 36.4 Å². The Kier molecular flexibility index (Phi) is 13.2. The van der Waals surface area contributed by atoms with Crippen molar-refractivity contribution in [3.8, 4) is 35.2 Å². The monoisotopic (exact) mass is 811 g/mol. The minimum Gasteiger partial charge on any atom is -0.497 e. The average Bonchev–Trinajstić information content (AvgIpc) is 3.27. The van der Waals surface area contributed by atoms with E-state index < -0.39 is 8.53 Å². The van der Waals surface area contributed by atoms with E-state index in [1.165, 1.54) is 0 Å². The van der Waals surface area contributed by atoms with Crippen LogP contribution in [0.5, 0.6) is 11.5 Å². The molecule has 0 aliphatic heterocycles. The Labute approximate surface area is 357 Å². The molecule has 2 atom stereocenters. The van der Waals surface area contributed by atoms with E-state index in [0.717, 1.165) is 82.4 Å². The van der Waals surface area contributed by atoms with E-state index in [4.69, 9.17) is 26.5 Å². The van der Waals surface area contributed by atoms with Crippen LogP contribution < -0.4 is 9.47 Å². The number of nitrogens with zero attached hydrogens (tertiary/aromatic N) is 2. The first-order chi connectivity index (χ1) is 29.7. The van der Waals surface area contributed by atoms with Crippen molar-refractivity contribution in [1.29, 1.82) is 0 Å². The second kappa shape index (κ2) is 19.4. The Balaban J connectivity index is 1.34. The lowest BCUT2D eigenvalue weighted by atomic mass is 9.89. The summed E-state index contributed by atoms with van der Waals surface area (Å²) in [7, 11) is 1.96. The molecule has 0 heterocycles. The van der Waals surface area contributed by atoms with Crippen LogP contribution in [-0.4, -0.2) is 50.7 Å². The normalized spacial score (nSPS) is 12.6. The minimum atomic E-state index is -1.41. The summed E-state index contributed by atoms with van der Waals surface area (Å²) in [6.45, 7) is 16.9. The lowest BCUT2D eigenvalue weighted by Crippen LogP contribution is -2.34. The van der Waals surface area contributed by atoms with Crippen molar-refractivity contribution in [2.24, 2.45) is 5.92 Å². The van der Waals surface area contributed by atoms with Crippen molar-refractivity contribution in [3.63, 3.8) is 0 Å². The van der Waals surface area contributed by atoms with Crippen LogP contribution in [0.4, 0.5) is 0 Å². The van der Waals surface area contributed by atoms with E-state index >= 15 is 0 Å². The average molecular weight is 812 g/mol. The summed E-state index contributed by atoms with van der Waals surface area (Å²) in [6.07, 6.45) is 0.638. The Morgan fingerprint density at radius 2 is 1.18 bits per heavy atom. The molecule has 7 rings (SSSR count).